The number of hydrogen-bond donors (Lipinski definition) is 1. The van der Waals surface area contributed by atoms with Crippen LogP contribution in [0.5, 0.6) is 11.5 Å². The summed E-state index contributed by atoms with van der Waals surface area (Å²) in [6.45, 7) is 4.71. The smallest absolute Gasteiger partial charge is 0.234 e. The number of fused-ring (bicyclic) bond motifs is 1. The number of nitrogens with one attached hydrogen (secondary N) is 1. The molecule has 5 heteroatoms. The molecule has 1 N–H and O–H groups in total. The van der Waals surface area contributed by atoms with E-state index in [1.807, 2.05) is 24.3 Å². The topological polar surface area (TPSA) is 50.8 Å². The zero-order valence-corrected chi connectivity index (χ0v) is 17.1. The molecule has 0 aliphatic carbocycles. The van der Waals surface area contributed by atoms with Crippen LogP contribution in [-0.2, 0) is 4.79 Å². The van der Waals surface area contributed by atoms with E-state index in [2.05, 4.69) is 41.4 Å². The van der Waals surface area contributed by atoms with Crippen molar-refractivity contribution in [3.05, 3.63) is 59.7 Å². The maximum absolute atomic E-state index is 12.9. The molecule has 0 unspecified atom stereocenters. The van der Waals surface area contributed by atoms with Gasteiger partial charge >= 0.3 is 0 Å². The lowest BCUT2D eigenvalue weighted by atomic mass is 10.0. The van der Waals surface area contributed by atoms with Gasteiger partial charge in [-0.25, -0.2) is 0 Å². The molecular formula is C24H30N2O3. The first-order valence-electron chi connectivity index (χ1n) is 10.7. The second-order valence-corrected chi connectivity index (χ2v) is 7.85. The molecule has 0 radical (unpaired) electrons. The molecule has 0 bridgehead atoms. The molecule has 1 amide bonds. The van der Waals surface area contributed by atoms with Crippen molar-refractivity contribution in [1.29, 1.82) is 0 Å². The van der Waals surface area contributed by atoms with Crippen LogP contribution in [-0.4, -0.2) is 37.1 Å². The summed E-state index contributed by atoms with van der Waals surface area (Å²) < 4.78 is 11.4. The van der Waals surface area contributed by atoms with Crippen LogP contribution in [0, 0.1) is 0 Å². The van der Waals surface area contributed by atoms with Gasteiger partial charge in [0.15, 0.2) is 11.5 Å². The Morgan fingerprint density at radius 2 is 1.93 bits per heavy atom. The van der Waals surface area contributed by atoms with Gasteiger partial charge < -0.3 is 14.8 Å². The Bertz CT molecular complexity index is 824. The lowest BCUT2D eigenvalue weighted by molar-refractivity contribution is -0.123. The second-order valence-electron chi connectivity index (χ2n) is 7.85. The van der Waals surface area contributed by atoms with Gasteiger partial charge in [-0.15, -0.1) is 0 Å². The maximum Gasteiger partial charge on any atom is 0.234 e. The number of ether oxygens (including phenoxy) is 2. The largest absolute Gasteiger partial charge is 0.486 e. The number of carbonyl (C=O) groups excluding carboxylic acids is 1. The zero-order chi connectivity index (χ0) is 20.1. The number of amides is 1. The van der Waals surface area contributed by atoms with Crippen molar-refractivity contribution in [3.63, 3.8) is 0 Å². The molecule has 0 spiro atoms. The molecule has 2 heterocycles. The summed E-state index contributed by atoms with van der Waals surface area (Å²) in [5.74, 6) is 1.72. The lowest BCUT2D eigenvalue weighted by Crippen LogP contribution is -2.38. The summed E-state index contributed by atoms with van der Waals surface area (Å²) in [5, 5.41) is 3.26. The van der Waals surface area contributed by atoms with Crippen LogP contribution in [0.25, 0.3) is 0 Å². The average molecular weight is 395 g/mol. The van der Waals surface area contributed by atoms with Gasteiger partial charge in [-0.2, -0.15) is 0 Å². The van der Waals surface area contributed by atoms with Gasteiger partial charge in [0.05, 0.1) is 12.6 Å². The van der Waals surface area contributed by atoms with E-state index < -0.39 is 0 Å². The summed E-state index contributed by atoms with van der Waals surface area (Å²) in [6, 6.07) is 16.8. The lowest BCUT2D eigenvalue weighted by Gasteiger charge is -2.27. The summed E-state index contributed by atoms with van der Waals surface area (Å²) in [5.41, 5.74) is 2.38. The first-order chi connectivity index (χ1) is 14.2. The highest BCUT2D eigenvalue weighted by molar-refractivity contribution is 5.78. The predicted molar refractivity (Wildman–Crippen MR) is 113 cm³/mol. The summed E-state index contributed by atoms with van der Waals surface area (Å²) in [4.78, 5) is 15.2. The fourth-order valence-corrected chi connectivity index (χ4v) is 4.38. The fraction of sp³-hybridized carbons (Fsp3) is 0.458. The molecule has 4 rings (SSSR count). The second kappa shape index (κ2) is 9.31. The normalized spacial score (nSPS) is 19.7. The SMILES string of the molecule is CCC[C@@H](NC(=O)CN1CCC[C@H]1c1ccc2c(c1)OCCO2)c1ccccc1. The minimum absolute atomic E-state index is 0.0732. The molecule has 1 fully saturated rings. The number of carbonyl (C=O) groups is 1. The predicted octanol–water partition coefficient (Wildman–Crippen LogP) is 4.25. The van der Waals surface area contributed by atoms with Crippen LogP contribution < -0.4 is 14.8 Å². The summed E-state index contributed by atoms with van der Waals surface area (Å²) in [7, 11) is 0. The number of benzene rings is 2. The molecule has 29 heavy (non-hydrogen) atoms. The molecule has 154 valence electrons. The minimum atomic E-state index is 0.0732. The van der Waals surface area contributed by atoms with E-state index >= 15 is 0 Å². The van der Waals surface area contributed by atoms with E-state index in [0.29, 0.717) is 19.8 Å². The van der Waals surface area contributed by atoms with Crippen LogP contribution in [0.2, 0.25) is 0 Å². The Morgan fingerprint density at radius 3 is 2.72 bits per heavy atom. The Kier molecular flexibility index (Phi) is 6.35. The summed E-state index contributed by atoms with van der Waals surface area (Å²) in [6.07, 6.45) is 4.14. The van der Waals surface area contributed by atoms with Crippen molar-refractivity contribution >= 4 is 5.91 Å². The van der Waals surface area contributed by atoms with Crippen LogP contribution in [0.3, 0.4) is 0 Å². The van der Waals surface area contributed by atoms with Gasteiger partial charge in [0, 0.05) is 6.04 Å². The molecule has 2 aromatic rings. The van der Waals surface area contributed by atoms with Gasteiger partial charge in [0.2, 0.25) is 5.91 Å². The number of nitrogens with zero attached hydrogens (tertiary/aromatic N) is 1. The van der Waals surface area contributed by atoms with E-state index in [-0.39, 0.29) is 18.0 Å². The van der Waals surface area contributed by atoms with Crippen LogP contribution >= 0.6 is 0 Å². The van der Waals surface area contributed by atoms with Crippen LogP contribution in [0.4, 0.5) is 0 Å². The molecule has 5 nitrogen and oxygen atoms in total. The Hall–Kier alpha value is -2.53. The zero-order valence-electron chi connectivity index (χ0n) is 17.1. The molecular weight excluding hydrogens is 364 g/mol. The van der Waals surface area contributed by atoms with E-state index in [1.165, 1.54) is 11.1 Å². The van der Waals surface area contributed by atoms with Gasteiger partial charge in [0.25, 0.3) is 0 Å². The van der Waals surface area contributed by atoms with Crippen molar-refractivity contribution in [3.8, 4) is 11.5 Å². The molecule has 2 aromatic carbocycles. The van der Waals surface area contributed by atoms with Gasteiger partial charge in [-0.3, -0.25) is 9.69 Å². The summed E-state index contributed by atoms with van der Waals surface area (Å²) >= 11 is 0. The molecule has 2 aliphatic rings. The van der Waals surface area contributed by atoms with E-state index in [0.717, 1.165) is 43.7 Å². The monoisotopic (exact) mass is 394 g/mol. The maximum atomic E-state index is 12.9. The van der Waals surface area contributed by atoms with E-state index in [4.69, 9.17) is 9.47 Å². The van der Waals surface area contributed by atoms with Gasteiger partial charge in [-0.05, 0) is 49.1 Å². The quantitative estimate of drug-likeness (QED) is 0.763. The third-order valence-electron chi connectivity index (χ3n) is 5.78. The van der Waals surface area contributed by atoms with Crippen LogP contribution in [0.1, 0.15) is 55.8 Å². The standard InChI is InChI=1S/C24H30N2O3/c1-2-7-20(18-8-4-3-5-9-18)25-24(27)17-26-13-6-10-21(26)19-11-12-22-23(16-19)29-15-14-28-22/h3-5,8-9,11-12,16,20-21H,2,6-7,10,13-15,17H2,1H3,(H,25,27)/t20-,21+/m1/s1. The highest BCUT2D eigenvalue weighted by atomic mass is 16.6. The third kappa shape index (κ3) is 4.73. The number of likely N-dealkylation sites (tertiary alicyclic amines) is 1. The highest BCUT2D eigenvalue weighted by Crippen LogP contribution is 2.37. The van der Waals surface area contributed by atoms with Gasteiger partial charge in [0.1, 0.15) is 13.2 Å². The van der Waals surface area contributed by atoms with E-state index in [9.17, 15) is 4.79 Å². The average Bonchev–Trinajstić information content (AvgIpc) is 3.21. The minimum Gasteiger partial charge on any atom is -0.486 e. The van der Waals surface area contributed by atoms with Crippen LogP contribution in [0.15, 0.2) is 48.5 Å². The molecule has 1 saturated heterocycles. The van der Waals surface area contributed by atoms with Crippen molar-refractivity contribution in [1.82, 2.24) is 10.2 Å². The molecule has 0 saturated carbocycles. The first kappa shape index (κ1) is 19.8. The van der Waals surface area contributed by atoms with Crippen molar-refractivity contribution < 1.29 is 14.3 Å². The molecule has 2 atom stereocenters. The molecule has 0 aromatic heterocycles. The Morgan fingerprint density at radius 1 is 1.14 bits per heavy atom. The van der Waals surface area contributed by atoms with Crippen molar-refractivity contribution in [2.24, 2.45) is 0 Å². The molecule has 2 aliphatic heterocycles. The third-order valence-corrected chi connectivity index (χ3v) is 5.78. The van der Waals surface area contributed by atoms with Gasteiger partial charge in [-0.1, -0.05) is 49.7 Å². The Balaban J connectivity index is 1.42. The van der Waals surface area contributed by atoms with Crippen molar-refractivity contribution in [2.45, 2.75) is 44.7 Å². The number of rotatable bonds is 7. The van der Waals surface area contributed by atoms with E-state index in [1.54, 1.807) is 0 Å². The highest BCUT2D eigenvalue weighted by Gasteiger charge is 2.29. The fourth-order valence-electron chi connectivity index (χ4n) is 4.38. The van der Waals surface area contributed by atoms with Crippen molar-refractivity contribution in [2.75, 3.05) is 26.3 Å². The first-order valence-corrected chi connectivity index (χ1v) is 10.7. The number of hydrogen-bond acceptors (Lipinski definition) is 4. The Labute approximate surface area is 173 Å².